The molecule has 2 aromatic carbocycles. The molecular weight excluding hydrogens is 260 g/mol. The fourth-order valence-electron chi connectivity index (χ4n) is 1.94. The van der Waals surface area contributed by atoms with Crippen molar-refractivity contribution in [3.05, 3.63) is 58.1 Å². The number of benzene rings is 2. The van der Waals surface area contributed by atoms with Crippen molar-refractivity contribution in [1.29, 1.82) is 0 Å². The molecule has 0 aromatic heterocycles. The summed E-state index contributed by atoms with van der Waals surface area (Å²) in [7, 11) is 0. The van der Waals surface area contributed by atoms with Gasteiger partial charge in [-0.2, -0.15) is 0 Å². The smallest absolute Gasteiger partial charge is 0.132 e. The molecule has 0 aliphatic heterocycles. The number of aryl methyl sites for hydroxylation is 2. The highest BCUT2D eigenvalue weighted by atomic mass is 35.5. The maximum absolute atomic E-state index is 9.36. The second kappa shape index (κ2) is 6.09. The maximum atomic E-state index is 9.36. The van der Waals surface area contributed by atoms with Crippen LogP contribution in [-0.4, -0.2) is 5.11 Å². The molecule has 0 bridgehead atoms. The molecule has 0 saturated carbocycles. The van der Waals surface area contributed by atoms with Crippen molar-refractivity contribution in [2.45, 2.75) is 26.9 Å². The van der Waals surface area contributed by atoms with Crippen LogP contribution in [0.2, 0.25) is 5.02 Å². The number of halogens is 1. The Hall–Kier alpha value is -1.51. The zero-order valence-electron chi connectivity index (χ0n) is 11.1. The van der Waals surface area contributed by atoms with Gasteiger partial charge in [0, 0.05) is 10.6 Å². The first-order valence-electron chi connectivity index (χ1n) is 6.30. The molecule has 2 aromatic rings. The summed E-state index contributed by atoms with van der Waals surface area (Å²) >= 11 is 6.08. The summed E-state index contributed by atoms with van der Waals surface area (Å²) in [6.07, 6.45) is 0.858. The van der Waals surface area contributed by atoms with Crippen LogP contribution in [0.5, 0.6) is 11.5 Å². The van der Waals surface area contributed by atoms with E-state index in [0.717, 1.165) is 33.9 Å². The number of aliphatic hydroxyl groups is 1. The summed E-state index contributed by atoms with van der Waals surface area (Å²) < 4.78 is 5.83. The van der Waals surface area contributed by atoms with E-state index in [0.29, 0.717) is 5.75 Å². The standard InChI is InChI=1S/C16H17ClO2/c1-3-12-9-14(5-6-15(12)17)19-16-7-4-11(2)8-13(16)10-18/h4-9,18H,3,10H2,1-2H3. The molecule has 0 amide bonds. The lowest BCUT2D eigenvalue weighted by molar-refractivity contribution is 0.276. The molecule has 2 nitrogen and oxygen atoms in total. The number of rotatable bonds is 4. The summed E-state index contributed by atoms with van der Waals surface area (Å²) in [4.78, 5) is 0. The van der Waals surface area contributed by atoms with Crippen LogP contribution in [0.3, 0.4) is 0 Å². The van der Waals surface area contributed by atoms with E-state index in [9.17, 15) is 5.11 Å². The zero-order valence-corrected chi connectivity index (χ0v) is 11.9. The molecule has 0 aliphatic carbocycles. The van der Waals surface area contributed by atoms with E-state index in [1.54, 1.807) is 0 Å². The van der Waals surface area contributed by atoms with E-state index in [-0.39, 0.29) is 6.61 Å². The Balaban J connectivity index is 2.30. The van der Waals surface area contributed by atoms with E-state index in [2.05, 4.69) is 6.92 Å². The fourth-order valence-corrected chi connectivity index (χ4v) is 2.20. The minimum atomic E-state index is -0.0365. The highest BCUT2D eigenvalue weighted by Crippen LogP contribution is 2.29. The first kappa shape index (κ1) is 13.9. The van der Waals surface area contributed by atoms with Gasteiger partial charge in [0.25, 0.3) is 0 Å². The SMILES string of the molecule is CCc1cc(Oc2ccc(C)cc2CO)ccc1Cl. The van der Waals surface area contributed by atoms with E-state index in [1.165, 1.54) is 0 Å². The van der Waals surface area contributed by atoms with Gasteiger partial charge in [-0.15, -0.1) is 0 Å². The van der Waals surface area contributed by atoms with E-state index in [4.69, 9.17) is 16.3 Å². The van der Waals surface area contributed by atoms with E-state index < -0.39 is 0 Å². The van der Waals surface area contributed by atoms with Crippen LogP contribution >= 0.6 is 11.6 Å². The van der Waals surface area contributed by atoms with Crippen LogP contribution in [0, 0.1) is 6.92 Å². The maximum Gasteiger partial charge on any atom is 0.132 e. The molecule has 0 radical (unpaired) electrons. The van der Waals surface area contributed by atoms with Crippen molar-refractivity contribution in [2.75, 3.05) is 0 Å². The van der Waals surface area contributed by atoms with Crippen molar-refractivity contribution in [3.8, 4) is 11.5 Å². The predicted octanol–water partition coefficient (Wildman–Crippen LogP) is 4.50. The highest BCUT2D eigenvalue weighted by molar-refractivity contribution is 6.31. The number of hydrogen-bond acceptors (Lipinski definition) is 2. The number of hydrogen-bond donors (Lipinski definition) is 1. The third-order valence-corrected chi connectivity index (χ3v) is 3.38. The molecule has 0 fully saturated rings. The van der Waals surface area contributed by atoms with Gasteiger partial charge in [-0.1, -0.05) is 36.2 Å². The van der Waals surface area contributed by atoms with Crippen LogP contribution < -0.4 is 4.74 Å². The van der Waals surface area contributed by atoms with Crippen molar-refractivity contribution >= 4 is 11.6 Å². The van der Waals surface area contributed by atoms with Crippen molar-refractivity contribution < 1.29 is 9.84 Å². The topological polar surface area (TPSA) is 29.5 Å². The summed E-state index contributed by atoms with van der Waals surface area (Å²) in [5.74, 6) is 1.41. The minimum Gasteiger partial charge on any atom is -0.457 e. The van der Waals surface area contributed by atoms with Crippen LogP contribution in [-0.2, 0) is 13.0 Å². The second-order valence-corrected chi connectivity index (χ2v) is 4.89. The van der Waals surface area contributed by atoms with Crippen molar-refractivity contribution in [1.82, 2.24) is 0 Å². The van der Waals surface area contributed by atoms with Crippen LogP contribution in [0.1, 0.15) is 23.6 Å². The lowest BCUT2D eigenvalue weighted by atomic mass is 10.1. The molecule has 0 heterocycles. The quantitative estimate of drug-likeness (QED) is 0.891. The summed E-state index contributed by atoms with van der Waals surface area (Å²) in [5, 5.41) is 10.1. The van der Waals surface area contributed by atoms with Gasteiger partial charge in [0.2, 0.25) is 0 Å². The normalized spacial score (nSPS) is 10.5. The third-order valence-electron chi connectivity index (χ3n) is 3.01. The van der Waals surface area contributed by atoms with Gasteiger partial charge in [0.15, 0.2) is 0 Å². The van der Waals surface area contributed by atoms with E-state index in [1.807, 2.05) is 43.3 Å². The lowest BCUT2D eigenvalue weighted by Crippen LogP contribution is -1.93. The average Bonchev–Trinajstić information content (AvgIpc) is 2.42. The Bertz CT molecular complexity index is 579. The monoisotopic (exact) mass is 276 g/mol. The molecule has 0 aliphatic rings. The minimum absolute atomic E-state index is 0.0365. The zero-order chi connectivity index (χ0) is 13.8. The third kappa shape index (κ3) is 3.28. The molecule has 3 heteroatoms. The van der Waals surface area contributed by atoms with Gasteiger partial charge < -0.3 is 9.84 Å². The lowest BCUT2D eigenvalue weighted by Gasteiger charge is -2.12. The molecule has 19 heavy (non-hydrogen) atoms. The van der Waals surface area contributed by atoms with Gasteiger partial charge >= 0.3 is 0 Å². The largest absolute Gasteiger partial charge is 0.457 e. The average molecular weight is 277 g/mol. The molecule has 0 saturated heterocycles. The van der Waals surface area contributed by atoms with E-state index >= 15 is 0 Å². The van der Waals surface area contributed by atoms with Crippen LogP contribution in [0.15, 0.2) is 36.4 Å². The number of aliphatic hydroxyl groups excluding tert-OH is 1. The second-order valence-electron chi connectivity index (χ2n) is 4.48. The van der Waals surface area contributed by atoms with Crippen LogP contribution in [0.4, 0.5) is 0 Å². The molecule has 1 N–H and O–H groups in total. The number of ether oxygens (including phenoxy) is 1. The summed E-state index contributed by atoms with van der Waals surface area (Å²) in [6.45, 7) is 4.00. The fraction of sp³-hybridized carbons (Fsp3) is 0.250. The Morgan fingerprint density at radius 3 is 2.58 bits per heavy atom. The van der Waals surface area contributed by atoms with Crippen molar-refractivity contribution in [2.24, 2.45) is 0 Å². The van der Waals surface area contributed by atoms with Crippen LogP contribution in [0.25, 0.3) is 0 Å². The van der Waals surface area contributed by atoms with Gasteiger partial charge in [0.1, 0.15) is 11.5 Å². The predicted molar refractivity (Wildman–Crippen MR) is 78.0 cm³/mol. The Labute approximate surface area is 118 Å². The molecule has 0 atom stereocenters. The van der Waals surface area contributed by atoms with Gasteiger partial charge in [-0.25, -0.2) is 0 Å². The Kier molecular flexibility index (Phi) is 4.46. The van der Waals surface area contributed by atoms with Gasteiger partial charge in [-0.3, -0.25) is 0 Å². The molecule has 0 spiro atoms. The summed E-state index contributed by atoms with van der Waals surface area (Å²) in [5.41, 5.74) is 2.94. The molecular formula is C16H17ClO2. The first-order chi connectivity index (χ1) is 9.13. The Morgan fingerprint density at radius 2 is 1.89 bits per heavy atom. The molecule has 2 rings (SSSR count). The first-order valence-corrected chi connectivity index (χ1v) is 6.68. The molecule has 0 unspecified atom stereocenters. The Morgan fingerprint density at radius 1 is 1.11 bits per heavy atom. The molecule has 100 valence electrons. The van der Waals surface area contributed by atoms with Gasteiger partial charge in [-0.05, 0) is 43.2 Å². The van der Waals surface area contributed by atoms with Crippen molar-refractivity contribution in [3.63, 3.8) is 0 Å². The highest BCUT2D eigenvalue weighted by Gasteiger charge is 2.06. The summed E-state index contributed by atoms with van der Waals surface area (Å²) in [6, 6.07) is 11.4. The van der Waals surface area contributed by atoms with Gasteiger partial charge in [0.05, 0.1) is 6.61 Å².